The normalized spacial score (nSPS) is 26.0. The van der Waals surface area contributed by atoms with Crippen molar-refractivity contribution in [2.45, 2.75) is 45.4 Å². The maximum Gasteiger partial charge on any atom is 0.223 e. The fourth-order valence-corrected chi connectivity index (χ4v) is 4.02. The molecule has 2 fully saturated rings. The minimum atomic E-state index is 0.0238. The standard InChI is InChI=1S/C20H27NO3/c1-14-5-2-8-18(11-14)24-10-4-9-21-20(23)17-12-15-6-3-7-16(13-17)19(15)22/h2,5,8,11,15-17H,3-4,6-7,9-10,12-13H2,1H3,(H,21,23)/t15-,16+,17?. The third-order valence-electron chi connectivity index (χ3n) is 5.30. The van der Waals surface area contributed by atoms with Gasteiger partial charge in [0.2, 0.25) is 5.91 Å². The van der Waals surface area contributed by atoms with Gasteiger partial charge >= 0.3 is 0 Å². The molecule has 1 unspecified atom stereocenters. The van der Waals surface area contributed by atoms with Crippen molar-refractivity contribution in [3.05, 3.63) is 29.8 Å². The monoisotopic (exact) mass is 329 g/mol. The van der Waals surface area contributed by atoms with E-state index < -0.39 is 0 Å². The zero-order valence-electron chi connectivity index (χ0n) is 14.4. The highest BCUT2D eigenvalue weighted by Gasteiger charge is 2.41. The summed E-state index contributed by atoms with van der Waals surface area (Å²) in [4.78, 5) is 24.4. The Bertz CT molecular complexity index is 582. The molecule has 1 amide bonds. The van der Waals surface area contributed by atoms with Crippen LogP contribution in [0.4, 0.5) is 0 Å². The van der Waals surface area contributed by atoms with Gasteiger partial charge in [0.25, 0.3) is 0 Å². The zero-order chi connectivity index (χ0) is 16.9. The zero-order valence-corrected chi connectivity index (χ0v) is 14.4. The van der Waals surface area contributed by atoms with Gasteiger partial charge in [-0.1, -0.05) is 18.6 Å². The number of Topliss-reactive ketones (excluding diaryl/α,β-unsaturated/α-hetero) is 1. The lowest BCUT2D eigenvalue weighted by atomic mass is 9.67. The fraction of sp³-hybridized carbons (Fsp3) is 0.600. The van der Waals surface area contributed by atoms with Crippen LogP contribution in [0.15, 0.2) is 24.3 Å². The summed E-state index contributed by atoms with van der Waals surface area (Å²) >= 11 is 0. The van der Waals surface area contributed by atoms with E-state index >= 15 is 0 Å². The van der Waals surface area contributed by atoms with Crippen LogP contribution >= 0.6 is 0 Å². The van der Waals surface area contributed by atoms with Gasteiger partial charge in [-0.3, -0.25) is 9.59 Å². The van der Waals surface area contributed by atoms with E-state index in [2.05, 4.69) is 5.32 Å². The van der Waals surface area contributed by atoms with Crippen LogP contribution in [0.5, 0.6) is 5.75 Å². The van der Waals surface area contributed by atoms with Crippen molar-refractivity contribution in [2.75, 3.05) is 13.2 Å². The third kappa shape index (κ3) is 4.16. The first-order valence-electron chi connectivity index (χ1n) is 9.14. The van der Waals surface area contributed by atoms with Crippen LogP contribution in [-0.4, -0.2) is 24.8 Å². The second-order valence-corrected chi connectivity index (χ2v) is 7.20. The molecule has 2 aliphatic carbocycles. The predicted molar refractivity (Wildman–Crippen MR) is 92.9 cm³/mol. The lowest BCUT2D eigenvalue weighted by Crippen LogP contribution is -2.42. The minimum Gasteiger partial charge on any atom is -0.494 e. The highest BCUT2D eigenvalue weighted by atomic mass is 16.5. The van der Waals surface area contributed by atoms with Crippen LogP contribution < -0.4 is 10.1 Å². The van der Waals surface area contributed by atoms with Crippen molar-refractivity contribution >= 4 is 11.7 Å². The molecule has 2 aliphatic rings. The lowest BCUT2D eigenvalue weighted by molar-refractivity contribution is -0.137. The van der Waals surface area contributed by atoms with Crippen LogP contribution in [0.2, 0.25) is 0 Å². The van der Waals surface area contributed by atoms with E-state index in [4.69, 9.17) is 4.74 Å². The van der Waals surface area contributed by atoms with Crippen LogP contribution in [0.1, 0.15) is 44.1 Å². The maximum absolute atomic E-state index is 12.4. The van der Waals surface area contributed by atoms with Crippen LogP contribution in [0.3, 0.4) is 0 Å². The third-order valence-corrected chi connectivity index (χ3v) is 5.30. The largest absolute Gasteiger partial charge is 0.494 e. The SMILES string of the molecule is Cc1cccc(OCCCNC(=O)C2C[C@H]3CCC[C@@H](C2)C3=O)c1. The number of aryl methyl sites for hydroxylation is 1. The molecule has 4 nitrogen and oxygen atoms in total. The molecule has 0 aliphatic heterocycles. The molecule has 1 N–H and O–H groups in total. The van der Waals surface area contributed by atoms with Gasteiger partial charge in [-0.25, -0.2) is 0 Å². The predicted octanol–water partition coefficient (Wildman–Crippen LogP) is 3.28. The smallest absolute Gasteiger partial charge is 0.223 e. The van der Waals surface area contributed by atoms with Crippen LogP contribution in [0.25, 0.3) is 0 Å². The Balaban J connectivity index is 1.36. The van der Waals surface area contributed by atoms with Gasteiger partial charge in [-0.05, 0) is 56.7 Å². The molecule has 1 aromatic rings. The molecule has 4 heteroatoms. The van der Waals surface area contributed by atoms with Gasteiger partial charge in [0.1, 0.15) is 11.5 Å². The van der Waals surface area contributed by atoms with E-state index in [1.807, 2.05) is 31.2 Å². The molecule has 3 atom stereocenters. The van der Waals surface area contributed by atoms with E-state index in [1.165, 1.54) is 5.56 Å². The summed E-state index contributed by atoms with van der Waals surface area (Å²) in [6.07, 6.45) is 5.39. The Kier molecular flexibility index (Phi) is 5.54. The number of amides is 1. The van der Waals surface area contributed by atoms with Crippen molar-refractivity contribution in [3.63, 3.8) is 0 Å². The van der Waals surface area contributed by atoms with Crippen molar-refractivity contribution in [2.24, 2.45) is 17.8 Å². The number of fused-ring (bicyclic) bond motifs is 2. The highest BCUT2D eigenvalue weighted by Crippen LogP contribution is 2.40. The molecule has 24 heavy (non-hydrogen) atoms. The maximum atomic E-state index is 12.4. The summed E-state index contributed by atoms with van der Waals surface area (Å²) < 4.78 is 5.69. The van der Waals surface area contributed by atoms with Crippen molar-refractivity contribution in [1.29, 1.82) is 0 Å². The topological polar surface area (TPSA) is 55.4 Å². The number of hydrogen-bond donors (Lipinski definition) is 1. The molecule has 0 radical (unpaired) electrons. The second kappa shape index (κ2) is 7.82. The molecule has 3 rings (SSSR count). The van der Waals surface area contributed by atoms with Gasteiger partial charge in [-0.15, -0.1) is 0 Å². The molecule has 0 heterocycles. The van der Waals surface area contributed by atoms with Crippen molar-refractivity contribution in [1.82, 2.24) is 5.32 Å². The summed E-state index contributed by atoms with van der Waals surface area (Å²) in [7, 11) is 0. The molecular weight excluding hydrogens is 302 g/mol. The van der Waals surface area contributed by atoms with Gasteiger partial charge in [0.05, 0.1) is 6.61 Å². The molecule has 2 saturated carbocycles. The molecule has 0 aromatic heterocycles. The summed E-state index contributed by atoms with van der Waals surface area (Å²) in [6.45, 7) is 3.26. The number of rotatable bonds is 6. The molecule has 2 bridgehead atoms. The van der Waals surface area contributed by atoms with Crippen LogP contribution in [-0.2, 0) is 9.59 Å². The summed E-state index contributed by atoms with van der Waals surface area (Å²) in [5.74, 6) is 1.71. The Hall–Kier alpha value is -1.84. The number of nitrogens with one attached hydrogen (secondary N) is 1. The van der Waals surface area contributed by atoms with E-state index in [0.717, 1.165) is 44.3 Å². The summed E-state index contributed by atoms with van der Waals surface area (Å²) in [5, 5.41) is 3.02. The molecule has 0 spiro atoms. The average Bonchev–Trinajstić information content (AvgIpc) is 2.54. The lowest BCUT2D eigenvalue weighted by Gasteiger charge is -2.36. The first kappa shape index (κ1) is 17.0. The average molecular weight is 329 g/mol. The van der Waals surface area contributed by atoms with Crippen molar-refractivity contribution < 1.29 is 14.3 Å². The summed E-state index contributed by atoms with van der Waals surface area (Å²) in [5.41, 5.74) is 1.18. The van der Waals surface area contributed by atoms with E-state index in [1.54, 1.807) is 0 Å². The quantitative estimate of drug-likeness (QED) is 0.815. The number of benzene rings is 1. The number of ketones is 1. The molecule has 130 valence electrons. The van der Waals surface area contributed by atoms with E-state index in [-0.39, 0.29) is 23.7 Å². The number of hydrogen-bond acceptors (Lipinski definition) is 3. The first-order valence-corrected chi connectivity index (χ1v) is 9.14. The first-order chi connectivity index (χ1) is 11.6. The van der Waals surface area contributed by atoms with Gasteiger partial charge in [-0.2, -0.15) is 0 Å². The van der Waals surface area contributed by atoms with E-state index in [9.17, 15) is 9.59 Å². The Morgan fingerprint density at radius 1 is 1.25 bits per heavy atom. The van der Waals surface area contributed by atoms with E-state index in [0.29, 0.717) is 18.9 Å². The summed E-state index contributed by atoms with van der Waals surface area (Å²) in [6, 6.07) is 7.98. The van der Waals surface area contributed by atoms with Gasteiger partial charge in [0.15, 0.2) is 0 Å². The molecule has 1 aromatic carbocycles. The number of ether oxygens (including phenoxy) is 1. The number of carbonyl (C=O) groups excluding carboxylic acids is 2. The number of carbonyl (C=O) groups is 2. The fourth-order valence-electron chi connectivity index (χ4n) is 4.02. The van der Waals surface area contributed by atoms with Gasteiger partial charge < -0.3 is 10.1 Å². The highest BCUT2D eigenvalue weighted by molar-refractivity contribution is 5.88. The van der Waals surface area contributed by atoms with Crippen LogP contribution in [0, 0.1) is 24.7 Å². The minimum absolute atomic E-state index is 0.0238. The Morgan fingerprint density at radius 2 is 2.00 bits per heavy atom. The second-order valence-electron chi connectivity index (χ2n) is 7.20. The molecule has 0 saturated heterocycles. The van der Waals surface area contributed by atoms with Gasteiger partial charge in [0, 0.05) is 24.3 Å². The Labute approximate surface area is 144 Å². The van der Waals surface area contributed by atoms with Crippen molar-refractivity contribution in [3.8, 4) is 5.75 Å². The Morgan fingerprint density at radius 3 is 2.71 bits per heavy atom. The molecular formula is C20H27NO3.